The highest BCUT2D eigenvalue weighted by molar-refractivity contribution is 5.56. The lowest BCUT2D eigenvalue weighted by Gasteiger charge is -2.31. The average Bonchev–Trinajstić information content (AvgIpc) is 2.76. The molecule has 2 atom stereocenters. The van der Waals surface area contributed by atoms with E-state index in [2.05, 4.69) is 55.1 Å². The summed E-state index contributed by atoms with van der Waals surface area (Å²) in [6.45, 7) is 4.34. The lowest BCUT2D eigenvalue weighted by molar-refractivity contribution is 0.372. The molecule has 0 spiro atoms. The van der Waals surface area contributed by atoms with Crippen LogP contribution in [-0.4, -0.2) is 38.1 Å². The number of anilines is 1. The quantitative estimate of drug-likeness (QED) is 0.885. The maximum atomic E-state index is 6.09. The number of hydrogen-bond acceptors (Lipinski definition) is 3. The van der Waals surface area contributed by atoms with Gasteiger partial charge < -0.3 is 15.5 Å². The predicted molar refractivity (Wildman–Crippen MR) is 78.0 cm³/mol. The molecule has 1 aliphatic heterocycles. The molecule has 1 aliphatic rings. The molecule has 1 fully saturated rings. The molecule has 3 heteroatoms. The van der Waals surface area contributed by atoms with E-state index in [4.69, 9.17) is 5.73 Å². The number of rotatable bonds is 4. The van der Waals surface area contributed by atoms with E-state index in [0.717, 1.165) is 13.1 Å². The zero-order chi connectivity index (χ0) is 13.1. The zero-order valence-corrected chi connectivity index (χ0v) is 11.8. The molecule has 1 unspecified atom stereocenters. The number of benzene rings is 1. The second-order valence-corrected chi connectivity index (χ2v) is 5.60. The Kier molecular flexibility index (Phi) is 4.25. The van der Waals surface area contributed by atoms with Gasteiger partial charge in [0.2, 0.25) is 0 Å². The Morgan fingerprint density at radius 3 is 2.78 bits per heavy atom. The fraction of sp³-hybridized carbons (Fsp3) is 0.600. The highest BCUT2D eigenvalue weighted by Gasteiger charge is 2.26. The SMILES string of the molecule is C[C@H](N)c1ccccc1N1CCCC1CN(C)C. The van der Waals surface area contributed by atoms with E-state index in [0.29, 0.717) is 6.04 Å². The lowest BCUT2D eigenvalue weighted by Crippen LogP contribution is -2.38. The van der Waals surface area contributed by atoms with Crippen molar-refractivity contribution in [2.75, 3.05) is 32.1 Å². The summed E-state index contributed by atoms with van der Waals surface area (Å²) < 4.78 is 0. The molecule has 0 radical (unpaired) electrons. The molecule has 2 rings (SSSR count). The molecule has 1 saturated heterocycles. The van der Waals surface area contributed by atoms with Crippen molar-refractivity contribution < 1.29 is 0 Å². The van der Waals surface area contributed by atoms with Gasteiger partial charge in [0.25, 0.3) is 0 Å². The third kappa shape index (κ3) is 2.85. The molecule has 100 valence electrons. The monoisotopic (exact) mass is 247 g/mol. The molecule has 1 aromatic carbocycles. The van der Waals surface area contributed by atoms with Gasteiger partial charge in [-0.15, -0.1) is 0 Å². The Hall–Kier alpha value is -1.06. The van der Waals surface area contributed by atoms with E-state index in [1.54, 1.807) is 0 Å². The Morgan fingerprint density at radius 2 is 2.11 bits per heavy atom. The molecule has 0 amide bonds. The van der Waals surface area contributed by atoms with Crippen molar-refractivity contribution in [1.29, 1.82) is 0 Å². The highest BCUT2D eigenvalue weighted by Crippen LogP contribution is 2.31. The molecule has 0 aromatic heterocycles. The van der Waals surface area contributed by atoms with Crippen LogP contribution >= 0.6 is 0 Å². The van der Waals surface area contributed by atoms with Crippen LogP contribution in [0.15, 0.2) is 24.3 Å². The minimum Gasteiger partial charge on any atom is -0.367 e. The summed E-state index contributed by atoms with van der Waals surface area (Å²) in [5.74, 6) is 0. The molecular weight excluding hydrogens is 222 g/mol. The molecule has 18 heavy (non-hydrogen) atoms. The summed E-state index contributed by atoms with van der Waals surface area (Å²) in [7, 11) is 4.29. The Morgan fingerprint density at radius 1 is 1.39 bits per heavy atom. The van der Waals surface area contributed by atoms with Crippen LogP contribution in [-0.2, 0) is 0 Å². The molecule has 0 bridgehead atoms. The molecular formula is C15H25N3. The number of nitrogens with zero attached hydrogens (tertiary/aromatic N) is 2. The largest absolute Gasteiger partial charge is 0.367 e. The lowest BCUT2D eigenvalue weighted by atomic mass is 10.1. The van der Waals surface area contributed by atoms with E-state index in [1.807, 2.05) is 0 Å². The summed E-state index contributed by atoms with van der Waals surface area (Å²) in [6, 6.07) is 9.30. The predicted octanol–water partition coefficient (Wildman–Crippen LogP) is 2.24. The standard InChI is InChI=1S/C15H25N3/c1-12(16)14-8-4-5-9-15(14)18-10-6-7-13(18)11-17(2)3/h4-5,8-9,12-13H,6-7,10-11,16H2,1-3H3/t12-,13?/m0/s1. The summed E-state index contributed by atoms with van der Waals surface area (Å²) in [5, 5.41) is 0. The molecule has 2 N–H and O–H groups in total. The Labute approximate surface area is 111 Å². The van der Waals surface area contributed by atoms with Crippen molar-refractivity contribution in [3.05, 3.63) is 29.8 Å². The van der Waals surface area contributed by atoms with Gasteiger partial charge in [0.05, 0.1) is 0 Å². The maximum Gasteiger partial charge on any atom is 0.0417 e. The van der Waals surface area contributed by atoms with Crippen LogP contribution in [0.3, 0.4) is 0 Å². The van der Waals surface area contributed by atoms with Crippen LogP contribution in [0.2, 0.25) is 0 Å². The van der Waals surface area contributed by atoms with Crippen molar-refractivity contribution in [1.82, 2.24) is 4.90 Å². The molecule has 1 aromatic rings. The van der Waals surface area contributed by atoms with Crippen LogP contribution in [0.1, 0.15) is 31.4 Å². The summed E-state index contributed by atoms with van der Waals surface area (Å²) in [6.07, 6.45) is 2.57. The van der Waals surface area contributed by atoms with Crippen LogP contribution in [0.4, 0.5) is 5.69 Å². The number of para-hydroxylation sites is 1. The fourth-order valence-electron chi connectivity index (χ4n) is 2.90. The number of hydrogen-bond donors (Lipinski definition) is 1. The first-order valence-electron chi connectivity index (χ1n) is 6.85. The van der Waals surface area contributed by atoms with Crippen LogP contribution in [0.25, 0.3) is 0 Å². The third-order valence-electron chi connectivity index (χ3n) is 3.69. The maximum absolute atomic E-state index is 6.09. The van der Waals surface area contributed by atoms with E-state index < -0.39 is 0 Å². The molecule has 0 aliphatic carbocycles. The van der Waals surface area contributed by atoms with E-state index in [9.17, 15) is 0 Å². The Bertz CT molecular complexity index is 387. The van der Waals surface area contributed by atoms with Crippen LogP contribution in [0.5, 0.6) is 0 Å². The second kappa shape index (κ2) is 5.72. The zero-order valence-electron chi connectivity index (χ0n) is 11.8. The van der Waals surface area contributed by atoms with Crippen molar-refractivity contribution in [2.24, 2.45) is 5.73 Å². The first-order chi connectivity index (χ1) is 8.59. The normalized spacial score (nSPS) is 21.6. The molecule has 0 saturated carbocycles. The highest BCUT2D eigenvalue weighted by atomic mass is 15.2. The van der Waals surface area contributed by atoms with Gasteiger partial charge in [-0.2, -0.15) is 0 Å². The summed E-state index contributed by atoms with van der Waals surface area (Å²) >= 11 is 0. The first-order valence-corrected chi connectivity index (χ1v) is 6.85. The van der Waals surface area contributed by atoms with Gasteiger partial charge in [-0.1, -0.05) is 18.2 Å². The topological polar surface area (TPSA) is 32.5 Å². The minimum atomic E-state index is 0.0989. The van der Waals surface area contributed by atoms with Gasteiger partial charge in [0.15, 0.2) is 0 Å². The summed E-state index contributed by atoms with van der Waals surface area (Å²) in [5.41, 5.74) is 8.69. The van der Waals surface area contributed by atoms with Crippen LogP contribution in [0, 0.1) is 0 Å². The third-order valence-corrected chi connectivity index (χ3v) is 3.69. The van der Waals surface area contributed by atoms with Gasteiger partial charge in [-0.05, 0) is 45.5 Å². The van der Waals surface area contributed by atoms with Gasteiger partial charge in [-0.3, -0.25) is 0 Å². The fourth-order valence-corrected chi connectivity index (χ4v) is 2.90. The van der Waals surface area contributed by atoms with Gasteiger partial charge in [-0.25, -0.2) is 0 Å². The van der Waals surface area contributed by atoms with E-state index in [-0.39, 0.29) is 6.04 Å². The minimum absolute atomic E-state index is 0.0989. The second-order valence-electron chi connectivity index (χ2n) is 5.60. The molecule has 1 heterocycles. The van der Waals surface area contributed by atoms with Gasteiger partial charge in [0.1, 0.15) is 0 Å². The van der Waals surface area contributed by atoms with Gasteiger partial charge in [0, 0.05) is 30.9 Å². The van der Waals surface area contributed by atoms with E-state index >= 15 is 0 Å². The van der Waals surface area contributed by atoms with Crippen molar-refractivity contribution in [3.63, 3.8) is 0 Å². The number of nitrogens with two attached hydrogens (primary N) is 1. The Balaban J connectivity index is 2.24. The average molecular weight is 247 g/mol. The smallest absolute Gasteiger partial charge is 0.0417 e. The summed E-state index contributed by atoms with van der Waals surface area (Å²) in [4.78, 5) is 4.82. The van der Waals surface area contributed by atoms with Crippen molar-refractivity contribution in [3.8, 4) is 0 Å². The molecule has 3 nitrogen and oxygen atoms in total. The first kappa shape index (κ1) is 13.4. The van der Waals surface area contributed by atoms with E-state index in [1.165, 1.54) is 24.1 Å². The van der Waals surface area contributed by atoms with Crippen molar-refractivity contribution >= 4 is 5.69 Å². The van der Waals surface area contributed by atoms with Crippen molar-refractivity contribution in [2.45, 2.75) is 31.8 Å². The van der Waals surface area contributed by atoms with Crippen LogP contribution < -0.4 is 10.6 Å². The van der Waals surface area contributed by atoms with Gasteiger partial charge >= 0.3 is 0 Å². The number of likely N-dealkylation sites (N-methyl/N-ethyl adjacent to an activating group) is 1.